The number of hydrogen-bond donors (Lipinski definition) is 7. The van der Waals surface area contributed by atoms with Gasteiger partial charge in [0.05, 0.1) is 12.1 Å². The van der Waals surface area contributed by atoms with E-state index in [1.54, 1.807) is 0 Å². The quantitative estimate of drug-likeness (QED) is 0.0801. The number of nitrogens with one attached hydrogen (secondary N) is 3. The third kappa shape index (κ3) is 12.5. The molecule has 42 heavy (non-hydrogen) atoms. The van der Waals surface area contributed by atoms with Gasteiger partial charge in [-0.2, -0.15) is 0 Å². The summed E-state index contributed by atoms with van der Waals surface area (Å²) >= 11 is 0. The van der Waals surface area contributed by atoms with Crippen LogP contribution in [0.4, 0.5) is 0 Å². The van der Waals surface area contributed by atoms with Gasteiger partial charge in [0.2, 0.25) is 23.6 Å². The number of hydrogen-bond acceptors (Lipinski definition) is 7. The van der Waals surface area contributed by atoms with Crippen LogP contribution >= 0.6 is 0 Å². The van der Waals surface area contributed by atoms with Crippen LogP contribution in [-0.2, 0) is 32.0 Å². The zero-order chi connectivity index (χ0) is 31.1. The summed E-state index contributed by atoms with van der Waals surface area (Å²) in [6, 6.07) is 14.5. The van der Waals surface area contributed by atoms with E-state index in [4.69, 9.17) is 22.9 Å². The van der Waals surface area contributed by atoms with Gasteiger partial charge >= 0.3 is 0 Å². The minimum Gasteiger partial charge on any atom is -0.370 e. The zero-order valence-corrected chi connectivity index (χ0v) is 24.3. The molecule has 228 valence electrons. The monoisotopic (exact) mass is 580 g/mol. The van der Waals surface area contributed by atoms with Crippen LogP contribution in [0.5, 0.6) is 0 Å². The molecule has 0 aromatic heterocycles. The van der Waals surface area contributed by atoms with Crippen LogP contribution < -0.4 is 38.9 Å². The van der Waals surface area contributed by atoms with E-state index in [0.717, 1.165) is 11.1 Å². The van der Waals surface area contributed by atoms with E-state index in [0.29, 0.717) is 19.3 Å². The Balaban J connectivity index is 2.10. The van der Waals surface area contributed by atoms with Gasteiger partial charge in [-0.3, -0.25) is 29.5 Å². The van der Waals surface area contributed by atoms with E-state index in [1.807, 2.05) is 74.5 Å². The number of rotatable bonds is 16. The van der Waals surface area contributed by atoms with Crippen molar-refractivity contribution in [2.45, 2.75) is 70.1 Å². The number of carbonyl (C=O) groups is 4. The summed E-state index contributed by atoms with van der Waals surface area (Å²) < 4.78 is 0. The molecule has 0 saturated carbocycles. The van der Waals surface area contributed by atoms with Gasteiger partial charge in [-0.05, 0) is 49.1 Å². The van der Waals surface area contributed by atoms with Gasteiger partial charge in [0.25, 0.3) is 0 Å². The number of nitrogens with two attached hydrogens (primary N) is 4. The molecule has 0 radical (unpaired) electrons. The molecule has 12 heteroatoms. The first-order valence-electron chi connectivity index (χ1n) is 14.1. The van der Waals surface area contributed by atoms with Crippen molar-refractivity contribution < 1.29 is 19.2 Å². The Kier molecular flexibility index (Phi) is 14.1. The number of carbonyl (C=O) groups excluding carboxylic acids is 4. The van der Waals surface area contributed by atoms with E-state index in [2.05, 4.69) is 20.9 Å². The summed E-state index contributed by atoms with van der Waals surface area (Å²) in [4.78, 5) is 56.1. The highest BCUT2D eigenvalue weighted by atomic mass is 16.2. The predicted molar refractivity (Wildman–Crippen MR) is 163 cm³/mol. The van der Waals surface area contributed by atoms with Crippen LogP contribution in [0.1, 0.15) is 44.2 Å². The maximum absolute atomic E-state index is 13.4. The fourth-order valence-electron chi connectivity index (χ4n) is 4.25. The highest BCUT2D eigenvalue weighted by Crippen LogP contribution is 2.09. The molecule has 2 aromatic rings. The third-order valence-corrected chi connectivity index (χ3v) is 6.44. The van der Waals surface area contributed by atoms with Gasteiger partial charge in [0.15, 0.2) is 5.96 Å². The Hall–Kier alpha value is -4.29. The fraction of sp³-hybridized carbons (Fsp3) is 0.433. The Morgan fingerprint density at radius 1 is 0.714 bits per heavy atom. The van der Waals surface area contributed by atoms with Crippen molar-refractivity contribution in [3.05, 3.63) is 71.8 Å². The molecule has 4 amide bonds. The molecule has 0 aliphatic heterocycles. The molecule has 0 spiro atoms. The van der Waals surface area contributed by atoms with Crippen molar-refractivity contribution in [2.24, 2.45) is 33.8 Å². The van der Waals surface area contributed by atoms with E-state index < -0.39 is 47.8 Å². The molecule has 0 fully saturated rings. The average molecular weight is 581 g/mol. The first-order valence-corrected chi connectivity index (χ1v) is 14.1. The van der Waals surface area contributed by atoms with E-state index in [1.165, 1.54) is 0 Å². The summed E-state index contributed by atoms with van der Waals surface area (Å²) in [7, 11) is 0. The van der Waals surface area contributed by atoms with E-state index >= 15 is 0 Å². The van der Waals surface area contributed by atoms with Gasteiger partial charge in [-0.1, -0.05) is 74.5 Å². The van der Waals surface area contributed by atoms with Crippen LogP contribution in [0.3, 0.4) is 0 Å². The molecule has 0 aliphatic rings. The van der Waals surface area contributed by atoms with Crippen LogP contribution in [0.15, 0.2) is 65.7 Å². The molecule has 0 unspecified atom stereocenters. The van der Waals surface area contributed by atoms with Crippen molar-refractivity contribution in [3.63, 3.8) is 0 Å². The summed E-state index contributed by atoms with van der Waals surface area (Å²) in [5.41, 5.74) is 24.7. The van der Waals surface area contributed by atoms with Gasteiger partial charge < -0.3 is 33.6 Å². The number of guanidine groups is 1. The second-order valence-electron chi connectivity index (χ2n) is 10.6. The SMILES string of the molecule is CC(C)C[C@H](NC(=O)[C@@H](N)Cc1ccccc1)C(=O)N[C@@H](CCCN=C(N)N)C(=O)NC(=O)[C@@H](N)Cc1ccccc1. The number of benzene rings is 2. The molecule has 4 atom stereocenters. The molecule has 0 bridgehead atoms. The molecule has 12 nitrogen and oxygen atoms in total. The number of nitrogens with zero attached hydrogens (tertiary/aromatic N) is 1. The Labute approximate surface area is 247 Å². The largest absolute Gasteiger partial charge is 0.370 e. The van der Waals surface area contributed by atoms with Crippen molar-refractivity contribution in [3.8, 4) is 0 Å². The Morgan fingerprint density at radius 2 is 1.21 bits per heavy atom. The fourth-order valence-corrected chi connectivity index (χ4v) is 4.25. The third-order valence-electron chi connectivity index (χ3n) is 6.44. The molecular formula is C30H44N8O4. The normalized spacial score (nSPS) is 13.7. The highest BCUT2D eigenvalue weighted by molar-refractivity contribution is 6.01. The minimum absolute atomic E-state index is 0.0399. The average Bonchev–Trinajstić information content (AvgIpc) is 2.94. The highest BCUT2D eigenvalue weighted by Gasteiger charge is 2.30. The number of amides is 4. The molecule has 0 aliphatic carbocycles. The molecule has 11 N–H and O–H groups in total. The zero-order valence-electron chi connectivity index (χ0n) is 24.3. The topological polar surface area (TPSA) is 221 Å². The van der Waals surface area contributed by atoms with Crippen LogP contribution in [0, 0.1) is 5.92 Å². The Bertz CT molecular complexity index is 1190. The molecule has 2 aromatic carbocycles. The lowest BCUT2D eigenvalue weighted by atomic mass is 10.0. The summed E-state index contributed by atoms with van der Waals surface area (Å²) in [6.45, 7) is 4.02. The second-order valence-corrected chi connectivity index (χ2v) is 10.6. The Morgan fingerprint density at radius 3 is 1.71 bits per heavy atom. The first kappa shape index (κ1) is 33.9. The summed E-state index contributed by atoms with van der Waals surface area (Å²) in [5.74, 6) is -2.53. The van der Waals surface area contributed by atoms with Crippen molar-refractivity contribution in [1.29, 1.82) is 0 Å². The van der Waals surface area contributed by atoms with Crippen molar-refractivity contribution >= 4 is 29.6 Å². The minimum atomic E-state index is -1.11. The van der Waals surface area contributed by atoms with Crippen LogP contribution in [-0.4, -0.2) is 60.3 Å². The number of aliphatic imine (C=N–C) groups is 1. The standard InChI is InChI=1S/C30H44N8O4/c1-19(2)16-25(37-26(39)22(31)17-20-10-5-3-6-11-20)29(42)36-24(14-9-15-35-30(33)34)28(41)38-27(40)23(32)18-21-12-7-4-8-13-21/h3-8,10-13,19,22-25H,9,14-18,31-32H2,1-2H3,(H,36,42)(H,37,39)(H4,33,34,35)(H,38,40,41)/t22-,23-,24-,25-/m0/s1. The van der Waals surface area contributed by atoms with Gasteiger partial charge in [-0.15, -0.1) is 0 Å². The smallest absolute Gasteiger partial charge is 0.249 e. The summed E-state index contributed by atoms with van der Waals surface area (Å²) in [5, 5.41) is 7.73. The van der Waals surface area contributed by atoms with Gasteiger partial charge in [0, 0.05) is 6.54 Å². The van der Waals surface area contributed by atoms with Crippen molar-refractivity contribution in [1.82, 2.24) is 16.0 Å². The maximum Gasteiger partial charge on any atom is 0.249 e. The second kappa shape index (κ2) is 17.5. The lowest BCUT2D eigenvalue weighted by Gasteiger charge is -2.25. The molecule has 0 saturated heterocycles. The molecule has 2 rings (SSSR count). The van der Waals surface area contributed by atoms with Crippen LogP contribution in [0.2, 0.25) is 0 Å². The lowest BCUT2D eigenvalue weighted by Crippen LogP contribution is -2.57. The van der Waals surface area contributed by atoms with Gasteiger partial charge in [0.1, 0.15) is 12.1 Å². The van der Waals surface area contributed by atoms with Crippen LogP contribution in [0.25, 0.3) is 0 Å². The maximum atomic E-state index is 13.4. The number of imide groups is 1. The lowest BCUT2D eigenvalue weighted by molar-refractivity contribution is -0.135. The van der Waals surface area contributed by atoms with E-state index in [-0.39, 0.29) is 31.3 Å². The predicted octanol–water partition coefficient (Wildman–Crippen LogP) is -0.161. The van der Waals surface area contributed by atoms with E-state index in [9.17, 15) is 19.2 Å². The molecule has 0 heterocycles. The summed E-state index contributed by atoms with van der Waals surface area (Å²) in [6.07, 6.45) is 1.30. The molecular weight excluding hydrogens is 536 g/mol. The van der Waals surface area contributed by atoms with Crippen molar-refractivity contribution in [2.75, 3.05) is 6.54 Å². The first-order chi connectivity index (χ1) is 20.0. The van der Waals surface area contributed by atoms with Gasteiger partial charge in [-0.25, -0.2) is 0 Å².